The smallest absolute Gasteiger partial charge is 0.351 e. The Hall–Kier alpha value is -1.71. The second-order valence-electron chi connectivity index (χ2n) is 11.7. The number of nitriles is 1. The monoisotopic (exact) mass is 584 g/mol. The lowest BCUT2D eigenvalue weighted by Crippen LogP contribution is -2.50. The van der Waals surface area contributed by atoms with E-state index in [1.807, 2.05) is 27.7 Å². The van der Waals surface area contributed by atoms with Crippen molar-refractivity contribution in [2.45, 2.75) is 123 Å². The van der Waals surface area contributed by atoms with Crippen LogP contribution in [0.3, 0.4) is 0 Å². The van der Waals surface area contributed by atoms with Crippen LogP contribution in [0.1, 0.15) is 76.3 Å². The van der Waals surface area contributed by atoms with E-state index in [0.717, 1.165) is 0 Å². The summed E-state index contributed by atoms with van der Waals surface area (Å²) in [5, 5.41) is 11.5. The maximum Gasteiger partial charge on any atom is 0.351 e. The molecule has 0 radical (unpaired) electrons. The summed E-state index contributed by atoms with van der Waals surface area (Å²) in [6.07, 6.45) is -1.38. The Morgan fingerprint density at radius 3 is 2.46 bits per heavy atom. The van der Waals surface area contributed by atoms with Gasteiger partial charge in [0.2, 0.25) is 5.91 Å². The van der Waals surface area contributed by atoms with Gasteiger partial charge in [0.15, 0.2) is 14.5 Å². The Labute approximate surface area is 236 Å². The minimum absolute atomic E-state index is 0.0775. The zero-order valence-corrected chi connectivity index (χ0v) is 26.8. The largest absolute Gasteiger partial charge is 0.407 e. The summed E-state index contributed by atoms with van der Waals surface area (Å²) in [6.45, 7) is 20.2. The van der Waals surface area contributed by atoms with Gasteiger partial charge in [-0.1, -0.05) is 20.8 Å². The molecule has 5 atom stereocenters. The molecule has 0 aromatic carbocycles. The quantitative estimate of drug-likeness (QED) is 0.201. The topological polar surface area (TPSA) is 128 Å². The van der Waals surface area contributed by atoms with Gasteiger partial charge in [-0.05, 0) is 58.8 Å². The van der Waals surface area contributed by atoms with Crippen LogP contribution in [0.15, 0.2) is 17.1 Å². The number of carbonyl (C=O) groups excluding carboxylic acids is 1. The van der Waals surface area contributed by atoms with Crippen molar-refractivity contribution in [3.63, 3.8) is 0 Å². The number of carbonyl (C=O) groups is 1. The first-order valence-electron chi connectivity index (χ1n) is 14.0. The van der Waals surface area contributed by atoms with Crippen LogP contribution in [-0.2, 0) is 23.0 Å². The minimum atomic E-state index is -2.44. The summed E-state index contributed by atoms with van der Waals surface area (Å²) in [6, 6.07) is 3.79. The van der Waals surface area contributed by atoms with Crippen molar-refractivity contribution >= 4 is 28.6 Å². The highest BCUT2D eigenvalue weighted by molar-refractivity contribution is 7.44. The number of nitrogens with one attached hydrogen (secondary N) is 1. The van der Waals surface area contributed by atoms with E-state index in [0.29, 0.717) is 0 Å². The number of aromatic nitrogens is 2. The summed E-state index contributed by atoms with van der Waals surface area (Å²) in [4.78, 5) is 28.6. The highest BCUT2D eigenvalue weighted by Gasteiger charge is 2.52. The molecule has 1 amide bonds. The Kier molecular flexibility index (Phi) is 11.2. The summed E-state index contributed by atoms with van der Waals surface area (Å²) in [5.41, 5.74) is -0.622. The van der Waals surface area contributed by atoms with E-state index in [2.05, 4.69) is 54.9 Å². The molecule has 1 aromatic heterocycles. The molecule has 2 heterocycles. The van der Waals surface area contributed by atoms with Crippen LogP contribution in [-0.4, -0.2) is 65.4 Å². The number of hydrogen-bond donors (Lipinski definition) is 1. The molecule has 2 rings (SSSR count). The van der Waals surface area contributed by atoms with Gasteiger partial charge >= 0.3 is 5.69 Å². The molecule has 2 unspecified atom stereocenters. The first-order chi connectivity index (χ1) is 18.5. The van der Waals surface area contributed by atoms with Crippen molar-refractivity contribution in [3.8, 4) is 6.07 Å². The molecule has 1 aliphatic heterocycles. The maximum atomic E-state index is 13.1. The Morgan fingerprint density at radius 1 is 1.33 bits per heavy atom. The van der Waals surface area contributed by atoms with Crippen molar-refractivity contribution in [1.29, 1.82) is 5.26 Å². The lowest BCUT2D eigenvalue weighted by molar-refractivity contribution is -0.114. The van der Waals surface area contributed by atoms with E-state index in [1.165, 1.54) is 23.8 Å². The molecule has 39 heavy (non-hydrogen) atoms. The van der Waals surface area contributed by atoms with Crippen molar-refractivity contribution < 1.29 is 24.4 Å². The highest BCUT2D eigenvalue weighted by Crippen LogP contribution is 2.51. The van der Waals surface area contributed by atoms with Crippen molar-refractivity contribution in [1.82, 2.24) is 14.2 Å². The van der Waals surface area contributed by atoms with E-state index in [4.69, 9.17) is 24.8 Å². The molecule has 1 aliphatic rings. The predicted molar refractivity (Wildman–Crippen MR) is 155 cm³/mol. The van der Waals surface area contributed by atoms with E-state index in [1.54, 1.807) is 0 Å². The molecule has 1 aromatic rings. The van der Waals surface area contributed by atoms with E-state index in [-0.39, 0.29) is 48.8 Å². The number of ether oxygens (including phenoxy) is 1. The van der Waals surface area contributed by atoms with E-state index >= 15 is 0 Å². The molecule has 1 saturated heterocycles. The minimum Gasteiger partial charge on any atom is -0.407 e. The fourth-order valence-corrected chi connectivity index (χ4v) is 7.01. The summed E-state index contributed by atoms with van der Waals surface area (Å²) < 4.78 is 37.8. The first-order valence-corrected chi connectivity index (χ1v) is 17.3. The number of nitrogens with zero attached hydrogens (tertiary/aromatic N) is 4. The molecule has 0 spiro atoms. The third-order valence-corrected chi connectivity index (χ3v) is 13.4. The van der Waals surface area contributed by atoms with Gasteiger partial charge in [-0.2, -0.15) is 10.2 Å². The van der Waals surface area contributed by atoms with Crippen LogP contribution in [0.4, 0.5) is 5.82 Å². The predicted octanol–water partition coefficient (Wildman–Crippen LogP) is 5.17. The molecule has 11 nitrogen and oxygen atoms in total. The summed E-state index contributed by atoms with van der Waals surface area (Å²) >= 11 is 0. The second-order valence-corrected chi connectivity index (χ2v) is 17.9. The van der Waals surface area contributed by atoms with Gasteiger partial charge < -0.3 is 23.5 Å². The van der Waals surface area contributed by atoms with Crippen LogP contribution >= 0.6 is 8.53 Å². The molecule has 0 saturated carbocycles. The van der Waals surface area contributed by atoms with Gasteiger partial charge in [0.25, 0.3) is 8.53 Å². The Bertz CT molecular complexity index is 1080. The van der Waals surface area contributed by atoms with Crippen molar-refractivity contribution in [2.24, 2.45) is 0 Å². The normalized spacial score (nSPS) is 23.2. The average Bonchev–Trinajstić information content (AvgIpc) is 3.13. The fraction of sp³-hybridized carbons (Fsp3) is 0.769. The number of anilines is 1. The van der Waals surface area contributed by atoms with Gasteiger partial charge in [0, 0.05) is 26.6 Å². The lowest BCUT2D eigenvalue weighted by Gasteiger charge is -2.42. The number of rotatable bonds is 12. The maximum absolute atomic E-state index is 13.1. The lowest BCUT2D eigenvalue weighted by atomic mass is 10.1. The molecule has 0 aliphatic carbocycles. The molecule has 1 fully saturated rings. The van der Waals surface area contributed by atoms with E-state index in [9.17, 15) is 9.59 Å². The zero-order chi connectivity index (χ0) is 30.4. The zero-order valence-electron chi connectivity index (χ0n) is 25.9. The summed E-state index contributed by atoms with van der Waals surface area (Å²) in [5.74, 6) is -0.203. The number of hydrogen-bond acceptors (Lipinski definition) is 9. The molecule has 220 valence electrons. The summed E-state index contributed by atoms with van der Waals surface area (Å²) in [7, 11) is -4.10. The third-order valence-electron chi connectivity index (χ3n) is 6.80. The second kappa shape index (κ2) is 13.8. The van der Waals surface area contributed by atoms with Crippen LogP contribution in [0, 0.1) is 11.3 Å². The van der Waals surface area contributed by atoms with Crippen LogP contribution < -0.4 is 11.0 Å². The van der Waals surface area contributed by atoms with Gasteiger partial charge in [0.05, 0.1) is 25.2 Å². The van der Waals surface area contributed by atoms with Gasteiger partial charge in [-0.3, -0.25) is 9.36 Å². The highest BCUT2D eigenvalue weighted by atomic mass is 31.2. The number of amides is 1. The molecular weight excluding hydrogens is 537 g/mol. The average molecular weight is 585 g/mol. The van der Waals surface area contributed by atoms with Gasteiger partial charge in [-0.25, -0.2) is 9.46 Å². The van der Waals surface area contributed by atoms with Crippen LogP contribution in [0.25, 0.3) is 0 Å². The third kappa shape index (κ3) is 8.63. The van der Waals surface area contributed by atoms with Crippen LogP contribution in [0.5, 0.6) is 0 Å². The van der Waals surface area contributed by atoms with Gasteiger partial charge in [-0.15, -0.1) is 0 Å². The molecule has 1 N–H and O–H groups in total. The standard InChI is InChI=1S/C26H46N5O6PSi/c1-17(2)31(18(3)4)38(34-16-12-14-27)36-22-19(5)35-24(23(22)37-39(10,11)26(7,8)9)30-15-13-21(28-20(6)32)29-25(30)33/h13,15,17-19,22-24H,12,16H2,1-11H3,(H,28,29,32,33)/t19-,22?,23+,24-,38?/m1/s1/i5D. The van der Waals surface area contributed by atoms with E-state index < -0.39 is 47.1 Å². The Balaban J connectivity index is 2.59. The van der Waals surface area contributed by atoms with Crippen LogP contribution in [0.2, 0.25) is 18.1 Å². The van der Waals surface area contributed by atoms with Crippen molar-refractivity contribution in [2.75, 3.05) is 11.9 Å². The first kappa shape index (κ1) is 31.8. The fourth-order valence-electron chi connectivity index (χ4n) is 3.96. The Morgan fingerprint density at radius 2 is 1.97 bits per heavy atom. The molecular formula is C26H46N5O6PSi. The molecule has 13 heteroatoms. The van der Waals surface area contributed by atoms with Crippen molar-refractivity contribution in [3.05, 3.63) is 22.7 Å². The molecule has 0 bridgehead atoms. The van der Waals surface area contributed by atoms with Gasteiger partial charge in [0.1, 0.15) is 18.0 Å². The SMILES string of the molecule is [2H]C[C@H]1O[C@@H](n2ccc(NC(C)=O)nc2=O)[C@@H](O[Si](C)(C)C(C)(C)C)C1OP(OCCC#N)N(C(C)C)C(C)C.